The summed E-state index contributed by atoms with van der Waals surface area (Å²) in [6.07, 6.45) is -0.388. The average molecular weight is 360 g/mol. The van der Waals surface area contributed by atoms with Crippen molar-refractivity contribution >= 4 is 33.0 Å². The maximum absolute atomic E-state index is 13.4. The Morgan fingerprint density at radius 1 is 1.09 bits per heavy atom. The van der Waals surface area contributed by atoms with Crippen LogP contribution in [-0.4, -0.2) is 20.1 Å². The van der Waals surface area contributed by atoms with E-state index in [4.69, 9.17) is 11.6 Å². The number of sulfone groups is 1. The molecular weight excluding hydrogens is 348 g/mol. The number of rotatable bonds is 5. The zero-order chi connectivity index (χ0) is 17.0. The summed E-state index contributed by atoms with van der Waals surface area (Å²) in [5, 5.41) is 2.54. The van der Waals surface area contributed by atoms with Crippen LogP contribution in [0.15, 0.2) is 47.4 Å². The summed E-state index contributed by atoms with van der Waals surface area (Å²) in [4.78, 5) is 11.8. The first-order valence-corrected chi connectivity index (χ1v) is 8.54. The van der Waals surface area contributed by atoms with Crippen molar-refractivity contribution in [3.05, 3.63) is 59.1 Å². The fourth-order valence-corrected chi connectivity index (χ4v) is 3.16. The van der Waals surface area contributed by atoms with E-state index in [9.17, 15) is 22.0 Å². The van der Waals surface area contributed by atoms with Crippen molar-refractivity contribution in [2.24, 2.45) is 0 Å². The lowest BCUT2D eigenvalue weighted by molar-refractivity contribution is -0.115. The molecule has 0 aliphatic heterocycles. The smallest absolute Gasteiger partial charge is 0.225 e. The van der Waals surface area contributed by atoms with Crippen LogP contribution in [0.3, 0.4) is 0 Å². The number of halogens is 3. The highest BCUT2D eigenvalue weighted by molar-refractivity contribution is 7.91. The highest BCUT2D eigenvalue weighted by Crippen LogP contribution is 2.18. The molecule has 23 heavy (non-hydrogen) atoms. The molecule has 0 fully saturated rings. The summed E-state index contributed by atoms with van der Waals surface area (Å²) in [6, 6.07) is 8.13. The van der Waals surface area contributed by atoms with Crippen LogP contribution in [0.25, 0.3) is 0 Å². The van der Waals surface area contributed by atoms with Crippen molar-refractivity contribution in [1.29, 1.82) is 0 Å². The first-order valence-electron chi connectivity index (χ1n) is 6.51. The molecule has 2 aromatic rings. The fourth-order valence-electron chi connectivity index (χ4n) is 1.79. The van der Waals surface area contributed by atoms with Crippen LogP contribution >= 0.6 is 11.6 Å². The number of carbonyl (C=O) groups is 1. The van der Waals surface area contributed by atoms with E-state index in [2.05, 4.69) is 5.32 Å². The first kappa shape index (κ1) is 17.4. The maximum Gasteiger partial charge on any atom is 0.225 e. The largest absolute Gasteiger partial charge is 0.323 e. The highest BCUT2D eigenvalue weighted by Gasteiger charge is 2.17. The molecule has 0 bridgehead atoms. The third-order valence-corrected chi connectivity index (χ3v) is 4.96. The van der Waals surface area contributed by atoms with Gasteiger partial charge in [0.25, 0.3) is 0 Å². The van der Waals surface area contributed by atoms with Gasteiger partial charge >= 0.3 is 0 Å². The zero-order valence-corrected chi connectivity index (χ0v) is 13.3. The van der Waals surface area contributed by atoms with Gasteiger partial charge in [0.15, 0.2) is 9.84 Å². The van der Waals surface area contributed by atoms with Gasteiger partial charge in [0.05, 0.1) is 16.3 Å². The minimum atomic E-state index is -3.67. The van der Waals surface area contributed by atoms with Gasteiger partial charge in [0.1, 0.15) is 11.6 Å². The predicted molar refractivity (Wildman–Crippen MR) is 83.1 cm³/mol. The van der Waals surface area contributed by atoms with Crippen LogP contribution < -0.4 is 5.32 Å². The topological polar surface area (TPSA) is 63.2 Å². The Morgan fingerprint density at radius 2 is 1.74 bits per heavy atom. The summed E-state index contributed by atoms with van der Waals surface area (Å²) in [6.45, 7) is 0. The molecule has 1 amide bonds. The van der Waals surface area contributed by atoms with Gasteiger partial charge in [-0.3, -0.25) is 4.79 Å². The molecule has 0 atom stereocenters. The van der Waals surface area contributed by atoms with Crippen LogP contribution in [0.2, 0.25) is 5.02 Å². The van der Waals surface area contributed by atoms with E-state index in [1.165, 1.54) is 24.3 Å². The van der Waals surface area contributed by atoms with E-state index in [1.807, 2.05) is 0 Å². The molecule has 0 aliphatic rings. The summed E-state index contributed by atoms with van der Waals surface area (Å²) >= 11 is 5.68. The van der Waals surface area contributed by atoms with Gasteiger partial charge < -0.3 is 5.32 Å². The molecule has 0 radical (unpaired) electrons. The van der Waals surface area contributed by atoms with E-state index >= 15 is 0 Å². The lowest BCUT2D eigenvalue weighted by Crippen LogP contribution is -2.18. The number of hydrogen-bond acceptors (Lipinski definition) is 3. The average Bonchev–Trinajstić information content (AvgIpc) is 2.49. The third-order valence-electron chi connectivity index (χ3n) is 2.97. The van der Waals surface area contributed by atoms with Crippen LogP contribution in [0.4, 0.5) is 14.5 Å². The van der Waals surface area contributed by atoms with Crippen LogP contribution in [-0.2, 0) is 14.6 Å². The molecule has 2 aromatic carbocycles. The monoisotopic (exact) mass is 359 g/mol. The Labute approximate surface area is 137 Å². The Kier molecular flexibility index (Phi) is 5.33. The molecule has 0 aromatic heterocycles. The van der Waals surface area contributed by atoms with E-state index in [0.29, 0.717) is 5.02 Å². The highest BCUT2D eigenvalue weighted by atomic mass is 35.5. The van der Waals surface area contributed by atoms with E-state index < -0.39 is 33.1 Å². The Bertz CT molecular complexity index is 823. The Hall–Kier alpha value is -1.99. The number of hydrogen-bond donors (Lipinski definition) is 1. The summed E-state index contributed by atoms with van der Waals surface area (Å²) < 4.78 is 50.5. The first-order chi connectivity index (χ1) is 10.8. The zero-order valence-electron chi connectivity index (χ0n) is 11.7. The standard InChI is InChI=1S/C15H12ClF2NO3S/c16-10-1-4-12(5-2-10)23(21,22)8-7-15(20)19-14-9-11(17)3-6-13(14)18/h1-6,9H,7-8H2,(H,19,20). The van der Waals surface area contributed by atoms with Gasteiger partial charge in [-0.15, -0.1) is 0 Å². The van der Waals surface area contributed by atoms with E-state index in [1.54, 1.807) is 0 Å². The van der Waals surface area contributed by atoms with E-state index in [-0.39, 0.29) is 17.0 Å². The molecule has 0 spiro atoms. The van der Waals surface area contributed by atoms with Crippen LogP contribution in [0, 0.1) is 11.6 Å². The van der Waals surface area contributed by atoms with Gasteiger partial charge in [-0.2, -0.15) is 0 Å². The van der Waals surface area contributed by atoms with Gasteiger partial charge in [-0.25, -0.2) is 17.2 Å². The second kappa shape index (κ2) is 7.06. The minimum absolute atomic E-state index is 0.0339. The van der Waals surface area contributed by atoms with Crippen molar-refractivity contribution < 1.29 is 22.0 Å². The second-order valence-corrected chi connectivity index (χ2v) is 7.24. The molecule has 0 aliphatic carbocycles. The molecule has 2 rings (SSSR count). The van der Waals surface area contributed by atoms with Crippen molar-refractivity contribution in [1.82, 2.24) is 0 Å². The number of amides is 1. The van der Waals surface area contributed by atoms with Crippen molar-refractivity contribution in [2.45, 2.75) is 11.3 Å². The number of benzene rings is 2. The van der Waals surface area contributed by atoms with Crippen LogP contribution in [0.1, 0.15) is 6.42 Å². The van der Waals surface area contributed by atoms with Gasteiger partial charge in [0, 0.05) is 17.5 Å². The summed E-state index contributed by atoms with van der Waals surface area (Å²) in [7, 11) is -3.67. The molecule has 0 heterocycles. The normalized spacial score (nSPS) is 11.3. The van der Waals surface area contributed by atoms with Crippen LogP contribution in [0.5, 0.6) is 0 Å². The molecule has 8 heteroatoms. The number of nitrogens with one attached hydrogen (secondary N) is 1. The predicted octanol–water partition coefficient (Wildman–Crippen LogP) is 3.42. The quantitative estimate of drug-likeness (QED) is 0.889. The molecule has 0 saturated heterocycles. The number of carbonyl (C=O) groups excluding carboxylic acids is 1. The lowest BCUT2D eigenvalue weighted by atomic mass is 10.3. The SMILES string of the molecule is O=C(CCS(=O)(=O)c1ccc(Cl)cc1)Nc1cc(F)ccc1F. The minimum Gasteiger partial charge on any atom is -0.323 e. The molecule has 122 valence electrons. The number of anilines is 1. The third kappa shape index (κ3) is 4.74. The van der Waals surface area contributed by atoms with Gasteiger partial charge in [-0.05, 0) is 36.4 Å². The van der Waals surface area contributed by atoms with Gasteiger partial charge in [-0.1, -0.05) is 11.6 Å². The molecular formula is C15H12ClF2NO3S. The lowest BCUT2D eigenvalue weighted by Gasteiger charge is -2.07. The maximum atomic E-state index is 13.4. The Morgan fingerprint density at radius 3 is 2.39 bits per heavy atom. The van der Waals surface area contributed by atoms with Crippen molar-refractivity contribution in [3.63, 3.8) is 0 Å². The van der Waals surface area contributed by atoms with Gasteiger partial charge in [0.2, 0.25) is 5.91 Å². The summed E-state index contributed by atoms with van der Waals surface area (Å²) in [5.41, 5.74) is -0.334. The molecule has 1 N–H and O–H groups in total. The fraction of sp³-hybridized carbons (Fsp3) is 0.133. The van der Waals surface area contributed by atoms with Crippen molar-refractivity contribution in [2.75, 3.05) is 11.1 Å². The molecule has 4 nitrogen and oxygen atoms in total. The molecule has 0 saturated carbocycles. The molecule has 0 unspecified atom stereocenters. The second-order valence-electron chi connectivity index (χ2n) is 4.70. The van der Waals surface area contributed by atoms with E-state index in [0.717, 1.165) is 18.2 Å². The Balaban J connectivity index is 2.01. The van der Waals surface area contributed by atoms with Crippen molar-refractivity contribution in [3.8, 4) is 0 Å². The summed E-state index contributed by atoms with van der Waals surface area (Å²) in [5.74, 6) is -2.71.